The average molecular weight is 182 g/mol. The van der Waals surface area contributed by atoms with Crippen LogP contribution in [0.1, 0.15) is 10.4 Å². The van der Waals surface area contributed by atoms with Crippen LogP contribution in [0, 0.1) is 0 Å². The third-order valence-corrected chi connectivity index (χ3v) is 1.57. The monoisotopic (exact) mass is 182 g/mol. The van der Waals surface area contributed by atoms with Crippen molar-refractivity contribution in [3.63, 3.8) is 0 Å². The highest BCUT2D eigenvalue weighted by molar-refractivity contribution is 5.87. The molecule has 0 saturated heterocycles. The van der Waals surface area contributed by atoms with Crippen molar-refractivity contribution < 1.29 is 9.90 Å². The second kappa shape index (κ2) is 3.30. The topological polar surface area (TPSA) is 62.5 Å². The van der Waals surface area contributed by atoms with Crippen molar-refractivity contribution in [3.05, 3.63) is 34.2 Å². The van der Waals surface area contributed by atoms with Crippen LogP contribution in [0.2, 0.25) is 0 Å². The van der Waals surface area contributed by atoms with Crippen molar-refractivity contribution in [2.24, 2.45) is 0 Å². The lowest BCUT2D eigenvalue weighted by molar-refractivity contribution is 0.0696. The number of hydrogen-bond donors (Lipinski definition) is 1. The third-order valence-electron chi connectivity index (χ3n) is 1.57. The van der Waals surface area contributed by atoms with Gasteiger partial charge in [0.15, 0.2) is 0 Å². The van der Waals surface area contributed by atoms with E-state index in [1.54, 1.807) is 14.1 Å². The molecule has 1 N–H and O–H groups in total. The van der Waals surface area contributed by atoms with E-state index in [4.69, 9.17) is 5.11 Å². The molecule has 0 aromatic carbocycles. The molecule has 0 aliphatic carbocycles. The number of carboxylic acid groups (broad SMARTS) is 1. The first-order valence-electron chi connectivity index (χ1n) is 3.66. The first kappa shape index (κ1) is 9.31. The fraction of sp³-hybridized carbons (Fsp3) is 0.250. The van der Waals surface area contributed by atoms with Crippen molar-refractivity contribution >= 4 is 5.97 Å². The summed E-state index contributed by atoms with van der Waals surface area (Å²) in [7, 11) is 3.32. The quantitative estimate of drug-likeness (QED) is 0.684. The van der Waals surface area contributed by atoms with E-state index >= 15 is 0 Å². The Labute approximate surface area is 74.8 Å². The van der Waals surface area contributed by atoms with Crippen LogP contribution in [-0.2, 0) is 0 Å². The van der Waals surface area contributed by atoms with Crippen molar-refractivity contribution in [2.75, 3.05) is 19.1 Å². The van der Waals surface area contributed by atoms with Gasteiger partial charge in [-0.25, -0.2) is 9.47 Å². The standard InChI is InChI=1S/C8H10N2O3/c1-9(2)10-5-6(8(12)13)3-4-7(10)11/h3-5H,1-2H3,(H,12,13). The Balaban J connectivity index is 3.27. The second-order valence-corrected chi connectivity index (χ2v) is 2.75. The van der Waals surface area contributed by atoms with E-state index in [9.17, 15) is 9.59 Å². The van der Waals surface area contributed by atoms with E-state index in [1.807, 2.05) is 0 Å². The summed E-state index contributed by atoms with van der Waals surface area (Å²) in [4.78, 5) is 21.7. The van der Waals surface area contributed by atoms with Crippen molar-refractivity contribution in [3.8, 4) is 0 Å². The molecule has 0 bridgehead atoms. The molecule has 0 aliphatic heterocycles. The van der Waals surface area contributed by atoms with Gasteiger partial charge in [0.1, 0.15) is 0 Å². The molecule has 1 heterocycles. The summed E-state index contributed by atoms with van der Waals surface area (Å²) >= 11 is 0. The fourth-order valence-corrected chi connectivity index (χ4v) is 0.915. The van der Waals surface area contributed by atoms with Gasteiger partial charge in [-0.1, -0.05) is 0 Å². The number of nitrogens with zero attached hydrogens (tertiary/aromatic N) is 2. The number of carboxylic acids is 1. The van der Waals surface area contributed by atoms with E-state index in [2.05, 4.69) is 0 Å². The maximum atomic E-state index is 11.2. The highest BCUT2D eigenvalue weighted by Crippen LogP contribution is 1.94. The number of pyridine rings is 1. The normalized spacial score (nSPS) is 9.69. The van der Waals surface area contributed by atoms with Crippen LogP contribution in [0.25, 0.3) is 0 Å². The zero-order chi connectivity index (χ0) is 10.0. The smallest absolute Gasteiger partial charge is 0.337 e. The molecule has 70 valence electrons. The lowest BCUT2D eigenvalue weighted by Crippen LogP contribution is -2.35. The molecule has 1 rings (SSSR count). The molecule has 0 aliphatic rings. The Morgan fingerprint density at radius 3 is 2.54 bits per heavy atom. The zero-order valence-electron chi connectivity index (χ0n) is 7.39. The Kier molecular flexibility index (Phi) is 2.36. The molecule has 0 saturated carbocycles. The van der Waals surface area contributed by atoms with Crippen molar-refractivity contribution in [1.82, 2.24) is 4.68 Å². The van der Waals surface area contributed by atoms with Gasteiger partial charge in [0, 0.05) is 26.4 Å². The van der Waals surface area contributed by atoms with Gasteiger partial charge in [-0.15, -0.1) is 0 Å². The predicted molar refractivity (Wildman–Crippen MR) is 47.7 cm³/mol. The predicted octanol–water partition coefficient (Wildman–Crippen LogP) is -0.256. The van der Waals surface area contributed by atoms with Crippen LogP contribution in [0.4, 0.5) is 0 Å². The minimum absolute atomic E-state index is 0.0910. The second-order valence-electron chi connectivity index (χ2n) is 2.75. The zero-order valence-corrected chi connectivity index (χ0v) is 7.39. The molecule has 13 heavy (non-hydrogen) atoms. The summed E-state index contributed by atoms with van der Waals surface area (Å²) < 4.78 is 1.23. The van der Waals surface area contributed by atoms with Crippen LogP contribution < -0.4 is 10.6 Å². The average Bonchev–Trinajstić information content (AvgIpc) is 2.04. The van der Waals surface area contributed by atoms with E-state index in [1.165, 1.54) is 28.0 Å². The van der Waals surface area contributed by atoms with E-state index < -0.39 is 5.97 Å². The Morgan fingerprint density at radius 2 is 2.08 bits per heavy atom. The molecule has 5 nitrogen and oxygen atoms in total. The molecule has 0 atom stereocenters. The number of hydrogen-bond acceptors (Lipinski definition) is 3. The molecule has 5 heteroatoms. The molecule has 1 aromatic rings. The van der Waals surface area contributed by atoms with Gasteiger partial charge in [-0.05, 0) is 6.07 Å². The Hall–Kier alpha value is -1.78. The summed E-state index contributed by atoms with van der Waals surface area (Å²) in [6.45, 7) is 0. The largest absolute Gasteiger partial charge is 0.478 e. The Bertz CT molecular complexity index is 381. The van der Waals surface area contributed by atoms with Crippen LogP contribution in [0.3, 0.4) is 0 Å². The van der Waals surface area contributed by atoms with E-state index in [0.29, 0.717) is 0 Å². The Morgan fingerprint density at radius 1 is 1.46 bits per heavy atom. The van der Waals surface area contributed by atoms with E-state index in [-0.39, 0.29) is 11.1 Å². The highest BCUT2D eigenvalue weighted by atomic mass is 16.4. The summed E-state index contributed by atoms with van der Waals surface area (Å²) in [5.41, 5.74) is -0.164. The highest BCUT2D eigenvalue weighted by Gasteiger charge is 2.05. The SMILES string of the molecule is CN(C)n1cc(C(=O)O)ccc1=O. The van der Waals surface area contributed by atoms with Crippen molar-refractivity contribution in [2.45, 2.75) is 0 Å². The van der Waals surface area contributed by atoms with E-state index in [0.717, 1.165) is 0 Å². The summed E-state index contributed by atoms with van der Waals surface area (Å²) in [6.07, 6.45) is 1.28. The van der Waals surface area contributed by atoms with Crippen LogP contribution in [0.15, 0.2) is 23.1 Å². The molecular formula is C8H10N2O3. The van der Waals surface area contributed by atoms with Gasteiger partial charge in [-0.2, -0.15) is 0 Å². The van der Waals surface area contributed by atoms with Gasteiger partial charge >= 0.3 is 5.97 Å². The maximum absolute atomic E-state index is 11.2. The number of aromatic nitrogens is 1. The van der Waals surface area contributed by atoms with Crippen LogP contribution in [-0.4, -0.2) is 29.8 Å². The minimum Gasteiger partial charge on any atom is -0.478 e. The third kappa shape index (κ3) is 1.87. The molecular weight excluding hydrogens is 172 g/mol. The minimum atomic E-state index is -1.05. The fourth-order valence-electron chi connectivity index (χ4n) is 0.915. The molecule has 0 unspecified atom stereocenters. The summed E-state index contributed by atoms with van der Waals surface area (Å²) in [6, 6.07) is 2.51. The van der Waals surface area contributed by atoms with Gasteiger partial charge in [-0.3, -0.25) is 4.79 Å². The van der Waals surface area contributed by atoms with Crippen LogP contribution in [0.5, 0.6) is 0 Å². The molecule has 1 aromatic heterocycles. The van der Waals surface area contributed by atoms with Gasteiger partial charge in [0.25, 0.3) is 5.56 Å². The van der Waals surface area contributed by atoms with Gasteiger partial charge in [0.05, 0.1) is 5.56 Å². The first-order chi connectivity index (χ1) is 6.02. The number of aromatic carboxylic acids is 1. The number of rotatable bonds is 2. The summed E-state index contributed by atoms with van der Waals surface area (Å²) in [5.74, 6) is -1.05. The lowest BCUT2D eigenvalue weighted by Gasteiger charge is -2.15. The lowest BCUT2D eigenvalue weighted by atomic mass is 10.3. The molecule has 0 amide bonds. The molecule has 0 spiro atoms. The molecule has 0 fully saturated rings. The van der Waals surface area contributed by atoms with Crippen molar-refractivity contribution in [1.29, 1.82) is 0 Å². The van der Waals surface area contributed by atoms with Crippen LogP contribution >= 0.6 is 0 Å². The number of carbonyl (C=O) groups is 1. The summed E-state index contributed by atoms with van der Waals surface area (Å²) in [5, 5.41) is 10.2. The first-order valence-corrected chi connectivity index (χ1v) is 3.66. The maximum Gasteiger partial charge on any atom is 0.337 e. The molecule has 0 radical (unpaired) electrons. The van der Waals surface area contributed by atoms with Gasteiger partial charge in [0.2, 0.25) is 0 Å². The van der Waals surface area contributed by atoms with Gasteiger partial charge < -0.3 is 10.1 Å².